The van der Waals surface area contributed by atoms with Crippen LogP contribution in [0.25, 0.3) is 0 Å². The largest absolute Gasteiger partial charge is 0.478 e. The van der Waals surface area contributed by atoms with Crippen molar-refractivity contribution in [2.45, 2.75) is 32.8 Å². The number of halogens is 1. The van der Waals surface area contributed by atoms with E-state index in [9.17, 15) is 4.79 Å². The molecule has 2 N–H and O–H groups in total. The molecule has 0 unspecified atom stereocenters. The van der Waals surface area contributed by atoms with Crippen molar-refractivity contribution >= 4 is 23.4 Å². The van der Waals surface area contributed by atoms with Gasteiger partial charge in [0.1, 0.15) is 16.5 Å². The van der Waals surface area contributed by atoms with Crippen molar-refractivity contribution < 1.29 is 14.6 Å². The van der Waals surface area contributed by atoms with Crippen LogP contribution in [-0.2, 0) is 4.74 Å². The minimum absolute atomic E-state index is 0.128. The number of nitrogens with zero attached hydrogens (tertiary/aromatic N) is 1. The zero-order chi connectivity index (χ0) is 14.3. The van der Waals surface area contributed by atoms with Crippen LogP contribution in [0, 0.1) is 0 Å². The summed E-state index contributed by atoms with van der Waals surface area (Å²) in [7, 11) is 0. The molecule has 1 heterocycles. The minimum atomic E-state index is -1.02. The molecule has 0 aliphatic rings. The molecular weight excluding hydrogens is 268 g/mol. The summed E-state index contributed by atoms with van der Waals surface area (Å²) in [4.78, 5) is 15.0. The van der Waals surface area contributed by atoms with Crippen LogP contribution in [0.4, 0.5) is 5.82 Å². The predicted octanol–water partition coefficient (Wildman–Crippen LogP) is 3.05. The van der Waals surface area contributed by atoms with Gasteiger partial charge in [-0.25, -0.2) is 9.78 Å². The van der Waals surface area contributed by atoms with Crippen molar-refractivity contribution in [3.63, 3.8) is 0 Å². The second kappa shape index (κ2) is 7.96. The first-order valence-electron chi connectivity index (χ1n) is 6.26. The maximum atomic E-state index is 11.0. The molecule has 0 saturated heterocycles. The number of carbonyl (C=O) groups is 1. The zero-order valence-corrected chi connectivity index (χ0v) is 11.9. The lowest BCUT2D eigenvalue weighted by Crippen LogP contribution is -2.11. The molecule has 0 saturated carbocycles. The Morgan fingerprint density at radius 3 is 2.84 bits per heavy atom. The van der Waals surface area contributed by atoms with Crippen LogP contribution in [0.2, 0.25) is 5.15 Å². The van der Waals surface area contributed by atoms with Gasteiger partial charge in [-0.3, -0.25) is 0 Å². The number of carboxylic acids is 1. The van der Waals surface area contributed by atoms with E-state index in [2.05, 4.69) is 10.3 Å². The molecule has 0 aromatic carbocycles. The van der Waals surface area contributed by atoms with Crippen molar-refractivity contribution in [2.24, 2.45) is 0 Å². The third-order valence-electron chi connectivity index (χ3n) is 2.41. The summed E-state index contributed by atoms with van der Waals surface area (Å²) >= 11 is 5.75. The summed E-state index contributed by atoms with van der Waals surface area (Å²) in [6.45, 7) is 5.32. The average Bonchev–Trinajstić information content (AvgIpc) is 2.33. The van der Waals surface area contributed by atoms with E-state index in [1.165, 1.54) is 12.1 Å². The number of hydrogen-bond donors (Lipinski definition) is 2. The lowest BCUT2D eigenvalue weighted by Gasteiger charge is -2.10. The van der Waals surface area contributed by atoms with E-state index in [1.807, 2.05) is 13.8 Å². The van der Waals surface area contributed by atoms with E-state index in [0.29, 0.717) is 19.0 Å². The van der Waals surface area contributed by atoms with Crippen molar-refractivity contribution in [1.29, 1.82) is 0 Å². The highest BCUT2D eigenvalue weighted by Gasteiger charge is 2.11. The van der Waals surface area contributed by atoms with Crippen LogP contribution in [0.1, 0.15) is 37.0 Å². The Bertz CT molecular complexity index is 424. The maximum Gasteiger partial charge on any atom is 0.339 e. The van der Waals surface area contributed by atoms with Crippen LogP contribution < -0.4 is 5.32 Å². The van der Waals surface area contributed by atoms with Gasteiger partial charge in [0.15, 0.2) is 0 Å². The Hall–Kier alpha value is -1.33. The van der Waals surface area contributed by atoms with Crippen molar-refractivity contribution in [3.05, 3.63) is 22.8 Å². The number of nitrogens with one attached hydrogen (secondary N) is 1. The first-order valence-corrected chi connectivity index (χ1v) is 6.64. The first-order chi connectivity index (χ1) is 9.00. The van der Waals surface area contributed by atoms with E-state index < -0.39 is 5.97 Å². The number of pyridine rings is 1. The summed E-state index contributed by atoms with van der Waals surface area (Å²) in [6.07, 6.45) is 2.02. The number of rotatable bonds is 8. The molecule has 1 aromatic rings. The molecular formula is C13H19ClN2O3. The van der Waals surface area contributed by atoms with Gasteiger partial charge in [-0.15, -0.1) is 0 Å². The van der Waals surface area contributed by atoms with Gasteiger partial charge in [-0.1, -0.05) is 11.6 Å². The van der Waals surface area contributed by atoms with Gasteiger partial charge in [0, 0.05) is 13.2 Å². The van der Waals surface area contributed by atoms with E-state index in [0.717, 1.165) is 12.8 Å². The number of unbranched alkanes of at least 4 members (excludes halogenated alkanes) is 1. The SMILES string of the molecule is CC(C)OCCCCNc1nc(Cl)ccc1C(=O)O. The third-order valence-corrected chi connectivity index (χ3v) is 2.62. The summed E-state index contributed by atoms with van der Waals surface area (Å²) < 4.78 is 5.42. The van der Waals surface area contributed by atoms with Crippen LogP contribution >= 0.6 is 11.6 Å². The van der Waals surface area contributed by atoms with Gasteiger partial charge < -0.3 is 15.2 Å². The molecule has 6 heteroatoms. The molecule has 19 heavy (non-hydrogen) atoms. The highest BCUT2D eigenvalue weighted by Crippen LogP contribution is 2.16. The van der Waals surface area contributed by atoms with Gasteiger partial charge >= 0.3 is 5.97 Å². The molecule has 0 aliphatic heterocycles. The molecule has 0 atom stereocenters. The highest BCUT2D eigenvalue weighted by atomic mass is 35.5. The third kappa shape index (κ3) is 5.89. The van der Waals surface area contributed by atoms with Gasteiger partial charge in [0.25, 0.3) is 0 Å². The summed E-state index contributed by atoms with van der Waals surface area (Å²) in [5.74, 6) is -0.709. The zero-order valence-electron chi connectivity index (χ0n) is 11.1. The minimum Gasteiger partial charge on any atom is -0.478 e. The molecule has 0 spiro atoms. The molecule has 5 nitrogen and oxygen atoms in total. The molecule has 1 aromatic heterocycles. The van der Waals surface area contributed by atoms with Gasteiger partial charge in [-0.05, 0) is 38.8 Å². The van der Waals surface area contributed by atoms with E-state index in [1.54, 1.807) is 0 Å². The van der Waals surface area contributed by atoms with Crippen molar-refractivity contribution in [1.82, 2.24) is 4.98 Å². The highest BCUT2D eigenvalue weighted by molar-refractivity contribution is 6.29. The predicted molar refractivity (Wildman–Crippen MR) is 75.0 cm³/mol. The Labute approximate surface area is 117 Å². The fourth-order valence-electron chi connectivity index (χ4n) is 1.50. The quantitative estimate of drug-likeness (QED) is 0.568. The first kappa shape index (κ1) is 15.7. The van der Waals surface area contributed by atoms with Gasteiger partial charge in [-0.2, -0.15) is 0 Å². The molecule has 0 bridgehead atoms. The second-order valence-electron chi connectivity index (χ2n) is 4.39. The number of hydrogen-bond acceptors (Lipinski definition) is 4. The smallest absolute Gasteiger partial charge is 0.339 e. The van der Waals surface area contributed by atoms with E-state index in [4.69, 9.17) is 21.4 Å². The van der Waals surface area contributed by atoms with Crippen LogP contribution in [0.15, 0.2) is 12.1 Å². The standard InChI is InChI=1S/C13H19ClN2O3/c1-9(2)19-8-4-3-7-15-12-10(13(17)18)5-6-11(14)16-12/h5-6,9H,3-4,7-8H2,1-2H3,(H,15,16)(H,17,18). The Morgan fingerprint density at radius 2 is 2.21 bits per heavy atom. The van der Waals surface area contributed by atoms with Crippen molar-refractivity contribution in [3.8, 4) is 0 Å². The van der Waals surface area contributed by atoms with E-state index >= 15 is 0 Å². The molecule has 1 rings (SSSR count). The topological polar surface area (TPSA) is 71.5 Å². The molecule has 0 amide bonds. The second-order valence-corrected chi connectivity index (χ2v) is 4.78. The molecule has 106 valence electrons. The Balaban J connectivity index is 2.40. The lowest BCUT2D eigenvalue weighted by atomic mass is 10.2. The molecule has 0 radical (unpaired) electrons. The van der Waals surface area contributed by atoms with Crippen molar-refractivity contribution in [2.75, 3.05) is 18.5 Å². The molecule has 0 aliphatic carbocycles. The van der Waals surface area contributed by atoms with Crippen LogP contribution in [0.3, 0.4) is 0 Å². The lowest BCUT2D eigenvalue weighted by molar-refractivity contribution is 0.0697. The summed E-state index contributed by atoms with van der Waals surface area (Å²) in [5, 5.41) is 12.3. The average molecular weight is 287 g/mol. The number of aromatic carboxylic acids is 1. The number of carboxylic acid groups (broad SMARTS) is 1. The van der Waals surface area contributed by atoms with Crippen LogP contribution in [0.5, 0.6) is 0 Å². The number of aromatic nitrogens is 1. The summed E-state index contributed by atoms with van der Waals surface area (Å²) in [6, 6.07) is 2.91. The number of ether oxygens (including phenoxy) is 1. The maximum absolute atomic E-state index is 11.0. The van der Waals surface area contributed by atoms with Gasteiger partial charge in [0.05, 0.1) is 6.10 Å². The Kier molecular flexibility index (Phi) is 6.59. The molecule has 0 fully saturated rings. The summed E-state index contributed by atoms with van der Waals surface area (Å²) in [5.41, 5.74) is 0.128. The fourth-order valence-corrected chi connectivity index (χ4v) is 1.64. The van der Waals surface area contributed by atoms with E-state index in [-0.39, 0.29) is 16.8 Å². The normalized spacial score (nSPS) is 10.7. The van der Waals surface area contributed by atoms with Crippen LogP contribution in [-0.4, -0.2) is 35.3 Å². The van der Waals surface area contributed by atoms with Gasteiger partial charge in [0.2, 0.25) is 0 Å². The Morgan fingerprint density at radius 1 is 1.47 bits per heavy atom. The monoisotopic (exact) mass is 286 g/mol. The fraction of sp³-hybridized carbons (Fsp3) is 0.538. The number of anilines is 1.